The minimum Gasteiger partial charge on any atom is -0.434 e. The Balaban J connectivity index is 2.02. The number of aromatic nitrogens is 2. The van der Waals surface area contributed by atoms with Crippen LogP contribution in [0.15, 0.2) is 48.7 Å². The highest BCUT2D eigenvalue weighted by molar-refractivity contribution is 5.83. The van der Waals surface area contributed by atoms with Crippen LogP contribution in [0.5, 0.6) is 11.6 Å². The molecule has 0 atom stereocenters. The molecule has 0 aliphatic rings. The fourth-order valence-electron chi connectivity index (χ4n) is 1.92. The van der Waals surface area contributed by atoms with E-state index >= 15 is 0 Å². The van der Waals surface area contributed by atoms with Crippen molar-refractivity contribution >= 4 is 22.4 Å². The molecule has 3 rings (SSSR count). The van der Waals surface area contributed by atoms with Crippen molar-refractivity contribution in [1.29, 1.82) is 0 Å². The summed E-state index contributed by atoms with van der Waals surface area (Å²) >= 11 is 0. The van der Waals surface area contributed by atoms with Gasteiger partial charge in [0, 0.05) is 0 Å². The Labute approximate surface area is 119 Å². The van der Waals surface area contributed by atoms with E-state index in [0.717, 1.165) is 17.0 Å². The number of nitrogens with zero attached hydrogens (tertiary/aromatic N) is 3. The molecule has 2 N–H and O–H groups in total. The van der Waals surface area contributed by atoms with E-state index in [1.54, 1.807) is 12.1 Å². The molecule has 3 aromatic rings. The number of hydrogen-bond donors (Lipinski definition) is 1. The first-order valence-electron chi connectivity index (χ1n) is 6.07. The number of benzene rings is 2. The smallest absolute Gasteiger partial charge is 0.349 e. The van der Waals surface area contributed by atoms with Gasteiger partial charge in [0.2, 0.25) is 5.95 Å². The zero-order chi connectivity index (χ0) is 14.8. The van der Waals surface area contributed by atoms with Crippen LogP contribution in [-0.4, -0.2) is 14.9 Å². The Morgan fingerprint density at radius 1 is 1.14 bits per heavy atom. The number of rotatable bonds is 3. The fourth-order valence-corrected chi connectivity index (χ4v) is 1.92. The Morgan fingerprint density at radius 3 is 2.67 bits per heavy atom. The van der Waals surface area contributed by atoms with Gasteiger partial charge in [-0.3, -0.25) is 10.1 Å². The second kappa shape index (κ2) is 5.04. The molecule has 7 nitrogen and oxygen atoms in total. The van der Waals surface area contributed by atoms with Crippen LogP contribution in [0.25, 0.3) is 10.8 Å². The molecule has 0 amide bonds. The van der Waals surface area contributed by atoms with Crippen molar-refractivity contribution in [3.63, 3.8) is 0 Å². The molecule has 0 aliphatic heterocycles. The number of nitrogen functional groups attached to an aromatic ring is 1. The molecule has 0 fully saturated rings. The molecule has 2 aromatic carbocycles. The summed E-state index contributed by atoms with van der Waals surface area (Å²) in [5.41, 5.74) is 5.11. The van der Waals surface area contributed by atoms with Crippen LogP contribution >= 0.6 is 0 Å². The van der Waals surface area contributed by atoms with Crippen molar-refractivity contribution in [2.75, 3.05) is 5.73 Å². The van der Waals surface area contributed by atoms with Gasteiger partial charge in [-0.05, 0) is 22.9 Å². The van der Waals surface area contributed by atoms with E-state index < -0.39 is 4.92 Å². The molecule has 0 saturated heterocycles. The number of nitrogens with two attached hydrogens (primary N) is 1. The monoisotopic (exact) mass is 282 g/mol. The van der Waals surface area contributed by atoms with E-state index in [9.17, 15) is 10.1 Å². The van der Waals surface area contributed by atoms with Gasteiger partial charge in [-0.15, -0.1) is 0 Å². The molecular formula is C14H10N4O3. The quantitative estimate of drug-likeness (QED) is 0.585. The van der Waals surface area contributed by atoms with Gasteiger partial charge in [0.25, 0.3) is 0 Å². The Bertz CT molecular complexity index is 835. The van der Waals surface area contributed by atoms with Crippen LogP contribution < -0.4 is 10.5 Å². The molecular weight excluding hydrogens is 272 g/mol. The van der Waals surface area contributed by atoms with E-state index in [4.69, 9.17) is 10.5 Å². The zero-order valence-corrected chi connectivity index (χ0v) is 10.8. The molecule has 21 heavy (non-hydrogen) atoms. The standard InChI is InChI=1S/C14H10N4O3/c15-14-16-8-12(18(19)20)13(17-14)21-11-6-5-9-3-1-2-4-10(9)7-11/h1-8H,(H2,15,16,17). The Morgan fingerprint density at radius 2 is 1.90 bits per heavy atom. The summed E-state index contributed by atoms with van der Waals surface area (Å²) < 4.78 is 5.49. The van der Waals surface area contributed by atoms with E-state index in [1.165, 1.54) is 0 Å². The number of nitro groups is 1. The summed E-state index contributed by atoms with van der Waals surface area (Å²) in [6.45, 7) is 0. The maximum Gasteiger partial charge on any atom is 0.349 e. The fraction of sp³-hybridized carbons (Fsp3) is 0. The Hall–Kier alpha value is -3.22. The molecule has 104 valence electrons. The summed E-state index contributed by atoms with van der Waals surface area (Å²) in [5.74, 6) is 0.175. The van der Waals surface area contributed by atoms with E-state index in [0.29, 0.717) is 5.75 Å². The Kier molecular flexibility index (Phi) is 3.07. The highest BCUT2D eigenvalue weighted by Gasteiger charge is 2.19. The number of hydrogen-bond acceptors (Lipinski definition) is 6. The first-order valence-corrected chi connectivity index (χ1v) is 6.07. The largest absolute Gasteiger partial charge is 0.434 e. The van der Waals surface area contributed by atoms with Gasteiger partial charge in [-0.1, -0.05) is 30.3 Å². The minimum atomic E-state index is -0.615. The average molecular weight is 282 g/mol. The number of anilines is 1. The summed E-state index contributed by atoms with van der Waals surface area (Å²) in [6, 6.07) is 13.1. The second-order valence-electron chi connectivity index (χ2n) is 4.29. The summed E-state index contributed by atoms with van der Waals surface area (Å²) in [5, 5.41) is 12.9. The summed E-state index contributed by atoms with van der Waals surface area (Å²) in [4.78, 5) is 17.7. The SMILES string of the molecule is Nc1ncc([N+](=O)[O-])c(Oc2ccc3ccccc3c2)n1. The van der Waals surface area contributed by atoms with Gasteiger partial charge >= 0.3 is 11.6 Å². The maximum atomic E-state index is 10.9. The molecule has 0 aliphatic carbocycles. The number of ether oxygens (including phenoxy) is 1. The van der Waals surface area contributed by atoms with Gasteiger partial charge in [-0.25, -0.2) is 4.98 Å². The first-order chi connectivity index (χ1) is 10.1. The molecule has 0 bridgehead atoms. The van der Waals surface area contributed by atoms with Gasteiger partial charge in [0.1, 0.15) is 11.9 Å². The van der Waals surface area contributed by atoms with E-state index in [2.05, 4.69) is 9.97 Å². The lowest BCUT2D eigenvalue weighted by Gasteiger charge is -2.06. The summed E-state index contributed by atoms with van der Waals surface area (Å²) in [6.07, 6.45) is 1.03. The molecule has 0 unspecified atom stereocenters. The second-order valence-corrected chi connectivity index (χ2v) is 4.29. The van der Waals surface area contributed by atoms with Crippen molar-refractivity contribution in [2.24, 2.45) is 0 Å². The van der Waals surface area contributed by atoms with Gasteiger partial charge in [-0.2, -0.15) is 4.98 Å². The van der Waals surface area contributed by atoms with E-state index in [1.807, 2.05) is 30.3 Å². The normalized spacial score (nSPS) is 10.5. The third-order valence-corrected chi connectivity index (χ3v) is 2.89. The van der Waals surface area contributed by atoms with Crippen molar-refractivity contribution in [3.05, 3.63) is 58.8 Å². The predicted molar refractivity (Wildman–Crippen MR) is 77.1 cm³/mol. The van der Waals surface area contributed by atoms with Crippen LogP contribution in [0.4, 0.5) is 11.6 Å². The van der Waals surface area contributed by atoms with E-state index in [-0.39, 0.29) is 17.5 Å². The zero-order valence-electron chi connectivity index (χ0n) is 10.8. The lowest BCUT2D eigenvalue weighted by molar-refractivity contribution is -0.386. The molecule has 0 spiro atoms. The molecule has 1 aromatic heterocycles. The van der Waals surface area contributed by atoms with Crippen molar-refractivity contribution in [2.45, 2.75) is 0 Å². The van der Waals surface area contributed by atoms with Gasteiger partial charge in [0.15, 0.2) is 0 Å². The van der Waals surface area contributed by atoms with Crippen LogP contribution in [0.3, 0.4) is 0 Å². The molecule has 7 heteroatoms. The van der Waals surface area contributed by atoms with Crippen LogP contribution in [-0.2, 0) is 0 Å². The summed E-state index contributed by atoms with van der Waals surface area (Å²) in [7, 11) is 0. The topological polar surface area (TPSA) is 104 Å². The van der Waals surface area contributed by atoms with Crippen molar-refractivity contribution in [1.82, 2.24) is 9.97 Å². The van der Waals surface area contributed by atoms with Gasteiger partial charge in [0.05, 0.1) is 4.92 Å². The molecule has 0 saturated carbocycles. The van der Waals surface area contributed by atoms with Crippen LogP contribution in [0, 0.1) is 10.1 Å². The minimum absolute atomic E-state index is 0.0867. The third kappa shape index (κ3) is 2.57. The lowest BCUT2D eigenvalue weighted by atomic mass is 10.1. The average Bonchev–Trinajstić information content (AvgIpc) is 2.47. The predicted octanol–water partition coefficient (Wildman–Crippen LogP) is 2.91. The van der Waals surface area contributed by atoms with Crippen molar-refractivity contribution < 1.29 is 9.66 Å². The first kappa shape index (κ1) is 12.8. The highest BCUT2D eigenvalue weighted by Crippen LogP contribution is 2.30. The number of fused-ring (bicyclic) bond motifs is 1. The molecule has 0 radical (unpaired) electrons. The highest BCUT2D eigenvalue weighted by atomic mass is 16.6. The van der Waals surface area contributed by atoms with Crippen molar-refractivity contribution in [3.8, 4) is 11.6 Å². The van der Waals surface area contributed by atoms with Crippen LogP contribution in [0.1, 0.15) is 0 Å². The third-order valence-electron chi connectivity index (χ3n) is 2.89. The van der Waals surface area contributed by atoms with Crippen LogP contribution in [0.2, 0.25) is 0 Å². The van der Waals surface area contributed by atoms with Gasteiger partial charge < -0.3 is 10.5 Å². The maximum absolute atomic E-state index is 10.9. The lowest BCUT2D eigenvalue weighted by Crippen LogP contribution is -2.01. The molecule has 1 heterocycles.